The predicted molar refractivity (Wildman–Crippen MR) is 154 cm³/mol. The summed E-state index contributed by atoms with van der Waals surface area (Å²) in [5, 5.41) is 5.50. The summed E-state index contributed by atoms with van der Waals surface area (Å²) in [6.45, 7) is 6.90. The Morgan fingerprint density at radius 3 is 2.75 bits per heavy atom. The molecule has 0 spiro atoms. The van der Waals surface area contributed by atoms with Gasteiger partial charge in [0.05, 0.1) is 23.3 Å². The van der Waals surface area contributed by atoms with Crippen LogP contribution in [0.25, 0.3) is 33.4 Å². The first-order chi connectivity index (χ1) is 19.4. The molecule has 5 heterocycles. The van der Waals surface area contributed by atoms with Gasteiger partial charge in [-0.25, -0.2) is 15.0 Å². The van der Waals surface area contributed by atoms with E-state index in [2.05, 4.69) is 21.5 Å². The number of anilines is 1. The fraction of sp³-hybridized carbons (Fsp3) is 0.233. The molecule has 40 heavy (non-hydrogen) atoms. The van der Waals surface area contributed by atoms with Gasteiger partial charge in [-0.05, 0) is 49.6 Å². The van der Waals surface area contributed by atoms with Crippen LogP contribution in [0.2, 0.25) is 0 Å². The maximum atomic E-state index is 12.2. The van der Waals surface area contributed by atoms with Gasteiger partial charge in [0.15, 0.2) is 0 Å². The highest BCUT2D eigenvalue weighted by molar-refractivity contribution is 6.07. The topological polar surface area (TPSA) is 117 Å². The van der Waals surface area contributed by atoms with Gasteiger partial charge < -0.3 is 19.9 Å². The van der Waals surface area contributed by atoms with Crippen LogP contribution in [0, 0.1) is 6.92 Å². The molecule has 1 fully saturated rings. The average molecular weight is 535 g/mol. The van der Waals surface area contributed by atoms with Gasteiger partial charge in [0.25, 0.3) is 0 Å². The largest absolute Gasteiger partial charge is 0.439 e. The number of aromatic nitrogens is 6. The second-order valence-electron chi connectivity index (χ2n) is 9.98. The van der Waals surface area contributed by atoms with Crippen LogP contribution in [-0.4, -0.2) is 53.2 Å². The van der Waals surface area contributed by atoms with E-state index in [4.69, 9.17) is 15.6 Å². The van der Waals surface area contributed by atoms with Crippen molar-refractivity contribution in [3.8, 4) is 34.0 Å². The Morgan fingerprint density at radius 1 is 1.15 bits per heavy atom. The number of piperidine rings is 1. The number of hydrogen-bond donors (Lipinski definition) is 1. The lowest BCUT2D eigenvalue weighted by molar-refractivity contribution is -0.127. The van der Waals surface area contributed by atoms with E-state index in [1.54, 1.807) is 0 Å². The summed E-state index contributed by atoms with van der Waals surface area (Å²) in [7, 11) is 1.97. The first kappa shape index (κ1) is 25.3. The average Bonchev–Trinajstić information content (AvgIpc) is 3.57. The molecule has 0 aliphatic carbocycles. The van der Waals surface area contributed by atoms with E-state index in [1.165, 1.54) is 12.4 Å². The van der Waals surface area contributed by atoms with Gasteiger partial charge in [0, 0.05) is 49.2 Å². The van der Waals surface area contributed by atoms with E-state index in [9.17, 15) is 4.79 Å². The van der Waals surface area contributed by atoms with Crippen molar-refractivity contribution in [2.24, 2.45) is 7.05 Å². The molecule has 1 saturated heterocycles. The molecule has 10 nitrogen and oxygen atoms in total. The number of carbonyl (C=O) groups is 1. The predicted octanol–water partition coefficient (Wildman–Crippen LogP) is 4.93. The minimum absolute atomic E-state index is 0.0484. The lowest BCUT2D eigenvalue weighted by Gasteiger charge is -2.32. The van der Waals surface area contributed by atoms with Crippen molar-refractivity contribution in [3.63, 3.8) is 0 Å². The Kier molecular flexibility index (Phi) is 6.51. The van der Waals surface area contributed by atoms with Crippen LogP contribution in [0.15, 0.2) is 73.8 Å². The van der Waals surface area contributed by atoms with E-state index < -0.39 is 0 Å². The molecule has 1 aromatic carbocycles. The van der Waals surface area contributed by atoms with Crippen LogP contribution in [0.3, 0.4) is 0 Å². The van der Waals surface area contributed by atoms with Crippen molar-refractivity contribution in [1.29, 1.82) is 0 Å². The molecule has 6 rings (SSSR count). The number of amides is 1. The molecule has 5 aromatic rings. The third-order valence-electron chi connectivity index (χ3n) is 7.36. The molecular formula is C30H30N8O2. The number of nitrogens with zero attached hydrogens (tertiary/aromatic N) is 7. The van der Waals surface area contributed by atoms with Crippen LogP contribution in [0.5, 0.6) is 11.6 Å². The standard InChI is InChI=1S/C30H30N8O2/c1-4-25(39)37-14-6-8-22(17-37)38-16-21(15-34-38)28-26(27-29(31)32-18-33-30(27)36(28)3)20-10-12-23(13-11-20)40-24-9-5-7-19(2)35-24/h4-5,7,9-13,15-16,18,22H,1,6,8,14,17H2,2-3H3,(H2,31,32,33). The molecule has 1 unspecified atom stereocenters. The molecule has 202 valence electrons. The molecule has 0 bridgehead atoms. The van der Waals surface area contributed by atoms with E-state index >= 15 is 0 Å². The normalized spacial score (nSPS) is 15.3. The number of ether oxygens (including phenoxy) is 1. The smallest absolute Gasteiger partial charge is 0.246 e. The van der Waals surface area contributed by atoms with Crippen molar-refractivity contribution in [2.45, 2.75) is 25.8 Å². The van der Waals surface area contributed by atoms with Gasteiger partial charge >= 0.3 is 0 Å². The number of hydrogen-bond acceptors (Lipinski definition) is 7. The van der Waals surface area contributed by atoms with Crippen LogP contribution >= 0.6 is 0 Å². The fourth-order valence-corrected chi connectivity index (χ4v) is 5.44. The van der Waals surface area contributed by atoms with Gasteiger partial charge in [-0.15, -0.1) is 0 Å². The summed E-state index contributed by atoms with van der Waals surface area (Å²) in [4.78, 5) is 27.3. The Hall–Kier alpha value is -4.99. The quantitative estimate of drug-likeness (QED) is 0.307. The minimum Gasteiger partial charge on any atom is -0.439 e. The number of aryl methyl sites for hydroxylation is 2. The number of benzene rings is 1. The molecule has 2 N–H and O–H groups in total. The number of rotatable bonds is 6. The van der Waals surface area contributed by atoms with Crippen LogP contribution in [0.4, 0.5) is 5.82 Å². The van der Waals surface area contributed by atoms with Crippen LogP contribution in [-0.2, 0) is 11.8 Å². The third kappa shape index (κ3) is 4.57. The molecule has 10 heteroatoms. The molecule has 4 aromatic heterocycles. The lowest BCUT2D eigenvalue weighted by atomic mass is 10.00. The molecule has 1 atom stereocenters. The summed E-state index contributed by atoms with van der Waals surface area (Å²) >= 11 is 0. The summed E-state index contributed by atoms with van der Waals surface area (Å²) in [5.74, 6) is 1.58. The molecular weight excluding hydrogens is 504 g/mol. The SMILES string of the molecule is C=CC(=O)N1CCCC(n2cc(-c3c(-c4ccc(Oc5cccc(C)n5)cc4)c4c(N)ncnc4n3C)cn2)C1. The van der Waals surface area contributed by atoms with Crippen molar-refractivity contribution in [3.05, 3.63) is 79.5 Å². The van der Waals surface area contributed by atoms with E-state index in [0.29, 0.717) is 24.0 Å². The van der Waals surface area contributed by atoms with Crippen LogP contribution in [0.1, 0.15) is 24.6 Å². The lowest BCUT2D eigenvalue weighted by Crippen LogP contribution is -2.39. The van der Waals surface area contributed by atoms with E-state index in [0.717, 1.165) is 58.5 Å². The molecule has 1 amide bonds. The number of nitrogen functional groups attached to an aromatic ring is 1. The second kappa shape index (κ2) is 10.3. The summed E-state index contributed by atoms with van der Waals surface area (Å²) < 4.78 is 9.96. The third-order valence-corrected chi connectivity index (χ3v) is 7.36. The number of pyridine rings is 1. The molecule has 1 aliphatic rings. The number of carbonyl (C=O) groups excluding carboxylic acids is 1. The zero-order chi connectivity index (χ0) is 27.8. The summed E-state index contributed by atoms with van der Waals surface area (Å²) in [5.41, 5.74) is 11.7. The first-order valence-electron chi connectivity index (χ1n) is 13.2. The van der Waals surface area contributed by atoms with Crippen molar-refractivity contribution >= 4 is 22.8 Å². The Morgan fingerprint density at radius 2 is 1.98 bits per heavy atom. The maximum Gasteiger partial charge on any atom is 0.246 e. The van der Waals surface area contributed by atoms with Gasteiger partial charge in [-0.2, -0.15) is 5.10 Å². The van der Waals surface area contributed by atoms with E-state index in [-0.39, 0.29) is 11.9 Å². The van der Waals surface area contributed by atoms with Gasteiger partial charge in [0.2, 0.25) is 11.8 Å². The minimum atomic E-state index is -0.0484. The number of likely N-dealkylation sites (tertiary alicyclic amines) is 1. The van der Waals surface area contributed by atoms with Gasteiger partial charge in [-0.3, -0.25) is 9.48 Å². The zero-order valence-corrected chi connectivity index (χ0v) is 22.5. The Balaban J connectivity index is 1.39. The number of fused-ring (bicyclic) bond motifs is 1. The second-order valence-corrected chi connectivity index (χ2v) is 9.98. The number of nitrogens with two attached hydrogens (primary N) is 1. The monoisotopic (exact) mass is 534 g/mol. The van der Waals surface area contributed by atoms with Crippen molar-refractivity contribution < 1.29 is 9.53 Å². The fourth-order valence-electron chi connectivity index (χ4n) is 5.44. The van der Waals surface area contributed by atoms with Gasteiger partial charge in [-0.1, -0.05) is 24.8 Å². The van der Waals surface area contributed by atoms with Gasteiger partial charge in [0.1, 0.15) is 23.5 Å². The molecule has 0 saturated carbocycles. The molecule has 1 aliphatic heterocycles. The Bertz CT molecular complexity index is 1720. The molecule has 0 radical (unpaired) electrons. The summed E-state index contributed by atoms with van der Waals surface area (Å²) in [6, 6.07) is 13.6. The summed E-state index contributed by atoms with van der Waals surface area (Å²) in [6.07, 6.45) is 8.60. The first-order valence-corrected chi connectivity index (χ1v) is 13.2. The highest BCUT2D eigenvalue weighted by Crippen LogP contribution is 2.42. The zero-order valence-electron chi connectivity index (χ0n) is 22.5. The van der Waals surface area contributed by atoms with Crippen molar-refractivity contribution in [2.75, 3.05) is 18.8 Å². The highest BCUT2D eigenvalue weighted by atomic mass is 16.5. The maximum absolute atomic E-state index is 12.2. The highest BCUT2D eigenvalue weighted by Gasteiger charge is 2.26. The van der Waals surface area contributed by atoms with Crippen molar-refractivity contribution in [1.82, 2.24) is 34.2 Å². The van der Waals surface area contributed by atoms with Crippen LogP contribution < -0.4 is 10.5 Å². The Labute approximate surface area is 231 Å². The van der Waals surface area contributed by atoms with E-state index in [1.807, 2.05) is 83.0 Å².